The molecule has 140 valence electrons. The molecular formula is C23H21N3O2. The molecule has 2 aromatic carbocycles. The first-order chi connectivity index (χ1) is 13.6. The van der Waals surface area contributed by atoms with Crippen molar-refractivity contribution in [2.24, 2.45) is 0 Å². The van der Waals surface area contributed by atoms with E-state index in [0.29, 0.717) is 0 Å². The van der Waals surface area contributed by atoms with Gasteiger partial charge in [-0.3, -0.25) is 9.78 Å². The highest BCUT2D eigenvalue weighted by molar-refractivity contribution is 6.07. The number of pyridine rings is 1. The molecule has 0 saturated heterocycles. The predicted octanol–water partition coefficient (Wildman–Crippen LogP) is 4.62. The molecule has 4 aromatic rings. The van der Waals surface area contributed by atoms with Gasteiger partial charge in [0.2, 0.25) is 5.91 Å². The number of amides is 1. The van der Waals surface area contributed by atoms with Crippen molar-refractivity contribution in [3.63, 3.8) is 0 Å². The van der Waals surface area contributed by atoms with Crippen LogP contribution in [0.15, 0.2) is 66.9 Å². The molecule has 0 spiro atoms. The van der Waals surface area contributed by atoms with E-state index in [1.165, 1.54) is 6.08 Å². The van der Waals surface area contributed by atoms with E-state index in [1.54, 1.807) is 19.4 Å². The second-order valence-electron chi connectivity index (χ2n) is 6.66. The van der Waals surface area contributed by atoms with Gasteiger partial charge in [0.1, 0.15) is 5.75 Å². The molecule has 2 aromatic heterocycles. The molecule has 1 atom stereocenters. The van der Waals surface area contributed by atoms with Crippen molar-refractivity contribution in [2.45, 2.75) is 13.0 Å². The Morgan fingerprint density at radius 1 is 1.11 bits per heavy atom. The number of carbonyl (C=O) groups excluding carboxylic acids is 1. The number of hydrogen-bond donors (Lipinski definition) is 2. The summed E-state index contributed by atoms with van der Waals surface area (Å²) in [6, 6.07) is 17.7. The lowest BCUT2D eigenvalue weighted by Crippen LogP contribution is -2.24. The van der Waals surface area contributed by atoms with E-state index in [-0.39, 0.29) is 11.9 Å². The smallest absolute Gasteiger partial charge is 0.244 e. The van der Waals surface area contributed by atoms with Crippen molar-refractivity contribution in [2.75, 3.05) is 7.11 Å². The molecule has 1 amide bonds. The van der Waals surface area contributed by atoms with Gasteiger partial charge in [0.05, 0.1) is 30.6 Å². The van der Waals surface area contributed by atoms with Gasteiger partial charge in [-0.2, -0.15) is 0 Å². The number of fused-ring (bicyclic) bond motifs is 3. The first kappa shape index (κ1) is 17.8. The van der Waals surface area contributed by atoms with Gasteiger partial charge in [0, 0.05) is 22.4 Å². The highest BCUT2D eigenvalue weighted by Gasteiger charge is 2.08. The van der Waals surface area contributed by atoms with Crippen LogP contribution in [-0.2, 0) is 4.79 Å². The number of rotatable bonds is 5. The molecule has 2 heterocycles. The van der Waals surface area contributed by atoms with E-state index in [2.05, 4.69) is 21.4 Å². The zero-order chi connectivity index (χ0) is 19.5. The minimum Gasteiger partial charge on any atom is -0.497 e. The summed E-state index contributed by atoms with van der Waals surface area (Å²) >= 11 is 0. The Morgan fingerprint density at radius 2 is 1.89 bits per heavy atom. The molecule has 2 N–H and O–H groups in total. The molecule has 0 radical (unpaired) electrons. The van der Waals surface area contributed by atoms with Gasteiger partial charge in [-0.1, -0.05) is 30.3 Å². The lowest BCUT2D eigenvalue weighted by molar-refractivity contribution is -0.117. The van der Waals surface area contributed by atoms with Crippen LogP contribution < -0.4 is 10.1 Å². The molecule has 0 aliphatic rings. The summed E-state index contributed by atoms with van der Waals surface area (Å²) in [7, 11) is 1.63. The molecule has 0 aliphatic carbocycles. The summed E-state index contributed by atoms with van der Waals surface area (Å²) in [6.07, 6.45) is 5.05. The van der Waals surface area contributed by atoms with E-state index < -0.39 is 0 Å². The van der Waals surface area contributed by atoms with Crippen LogP contribution in [0.5, 0.6) is 5.75 Å². The fraction of sp³-hybridized carbons (Fsp3) is 0.130. The van der Waals surface area contributed by atoms with Crippen LogP contribution in [-0.4, -0.2) is 23.0 Å². The molecule has 28 heavy (non-hydrogen) atoms. The number of nitrogens with one attached hydrogen (secondary N) is 2. The number of nitrogens with zero attached hydrogens (tertiary/aromatic N) is 1. The third-order valence-corrected chi connectivity index (χ3v) is 4.79. The lowest BCUT2D eigenvalue weighted by Gasteiger charge is -2.13. The number of methoxy groups -OCH3 is 1. The maximum Gasteiger partial charge on any atom is 0.244 e. The maximum atomic E-state index is 12.3. The molecule has 5 nitrogen and oxygen atoms in total. The summed E-state index contributed by atoms with van der Waals surface area (Å²) in [6.45, 7) is 1.95. The van der Waals surface area contributed by atoms with Crippen LogP contribution in [0.1, 0.15) is 24.2 Å². The number of ether oxygens (including phenoxy) is 1. The van der Waals surface area contributed by atoms with Crippen LogP contribution in [0, 0.1) is 0 Å². The molecule has 1 unspecified atom stereocenters. The van der Waals surface area contributed by atoms with Crippen molar-refractivity contribution in [1.82, 2.24) is 15.3 Å². The van der Waals surface area contributed by atoms with E-state index in [4.69, 9.17) is 4.74 Å². The Kier molecular flexibility index (Phi) is 4.81. The number of hydrogen-bond acceptors (Lipinski definition) is 3. The summed E-state index contributed by atoms with van der Waals surface area (Å²) in [5, 5.41) is 5.21. The quantitative estimate of drug-likeness (QED) is 0.503. The fourth-order valence-corrected chi connectivity index (χ4v) is 3.26. The molecule has 0 bridgehead atoms. The molecule has 0 fully saturated rings. The monoisotopic (exact) mass is 371 g/mol. The fourth-order valence-electron chi connectivity index (χ4n) is 3.26. The Morgan fingerprint density at radius 3 is 2.68 bits per heavy atom. The van der Waals surface area contributed by atoms with E-state index >= 15 is 0 Å². The number of para-hydroxylation sites is 1. The normalized spacial score (nSPS) is 12.5. The van der Waals surface area contributed by atoms with Crippen LogP contribution >= 0.6 is 0 Å². The van der Waals surface area contributed by atoms with Gasteiger partial charge in [-0.05, 0) is 42.8 Å². The van der Waals surface area contributed by atoms with Crippen molar-refractivity contribution in [3.8, 4) is 5.75 Å². The first-order valence-electron chi connectivity index (χ1n) is 9.13. The zero-order valence-corrected chi connectivity index (χ0v) is 15.8. The average Bonchev–Trinajstić information content (AvgIpc) is 3.10. The van der Waals surface area contributed by atoms with Gasteiger partial charge in [0.15, 0.2) is 0 Å². The number of carbonyl (C=O) groups is 1. The lowest BCUT2D eigenvalue weighted by atomic mass is 10.1. The Balaban J connectivity index is 1.48. The second kappa shape index (κ2) is 7.56. The van der Waals surface area contributed by atoms with Crippen LogP contribution in [0.3, 0.4) is 0 Å². The molecule has 5 heteroatoms. The van der Waals surface area contributed by atoms with Crippen molar-refractivity contribution in [3.05, 3.63) is 78.1 Å². The largest absolute Gasteiger partial charge is 0.497 e. The highest BCUT2D eigenvalue weighted by Crippen LogP contribution is 2.25. The third kappa shape index (κ3) is 3.60. The predicted molar refractivity (Wildman–Crippen MR) is 112 cm³/mol. The Bertz CT molecular complexity index is 1160. The summed E-state index contributed by atoms with van der Waals surface area (Å²) in [5.74, 6) is 0.630. The molecule has 0 saturated carbocycles. The summed E-state index contributed by atoms with van der Waals surface area (Å²) < 4.78 is 5.16. The van der Waals surface area contributed by atoms with Crippen LogP contribution in [0.25, 0.3) is 27.9 Å². The van der Waals surface area contributed by atoms with Crippen molar-refractivity contribution in [1.29, 1.82) is 0 Å². The minimum atomic E-state index is -0.163. The number of benzene rings is 2. The zero-order valence-electron chi connectivity index (χ0n) is 15.8. The van der Waals surface area contributed by atoms with E-state index in [1.807, 2.05) is 55.5 Å². The van der Waals surface area contributed by atoms with Crippen molar-refractivity contribution < 1.29 is 9.53 Å². The van der Waals surface area contributed by atoms with Crippen LogP contribution in [0.2, 0.25) is 0 Å². The van der Waals surface area contributed by atoms with E-state index in [9.17, 15) is 4.79 Å². The second-order valence-corrected chi connectivity index (χ2v) is 6.66. The average molecular weight is 371 g/mol. The van der Waals surface area contributed by atoms with Gasteiger partial charge >= 0.3 is 0 Å². The topological polar surface area (TPSA) is 67.0 Å². The Labute approximate surface area is 163 Å². The minimum absolute atomic E-state index is 0.105. The summed E-state index contributed by atoms with van der Waals surface area (Å²) in [5.41, 5.74) is 3.81. The number of aromatic amines is 1. The van der Waals surface area contributed by atoms with Gasteiger partial charge < -0.3 is 15.0 Å². The standard InChI is InChI=1S/C23H21N3O2/c1-15(16-7-10-18(28-2)11-8-16)25-23(27)12-9-17-13-20-19-5-3-4-6-21(19)26-22(20)14-24-17/h3-15,26H,1-2H3,(H,25,27)/b12-9+. The highest BCUT2D eigenvalue weighted by atomic mass is 16.5. The maximum absolute atomic E-state index is 12.3. The first-order valence-corrected chi connectivity index (χ1v) is 9.13. The molecule has 4 rings (SSSR count). The van der Waals surface area contributed by atoms with Crippen molar-refractivity contribution >= 4 is 33.8 Å². The third-order valence-electron chi connectivity index (χ3n) is 4.79. The molecule has 0 aliphatic heterocycles. The van der Waals surface area contributed by atoms with Gasteiger partial charge in [-0.15, -0.1) is 0 Å². The van der Waals surface area contributed by atoms with Crippen LogP contribution in [0.4, 0.5) is 0 Å². The van der Waals surface area contributed by atoms with E-state index in [0.717, 1.165) is 38.8 Å². The van der Waals surface area contributed by atoms with Gasteiger partial charge in [-0.25, -0.2) is 0 Å². The molecular weight excluding hydrogens is 350 g/mol. The Hall–Kier alpha value is -3.60. The summed E-state index contributed by atoms with van der Waals surface area (Å²) in [4.78, 5) is 20.1. The number of H-pyrrole nitrogens is 1. The van der Waals surface area contributed by atoms with Gasteiger partial charge in [0.25, 0.3) is 0 Å². The SMILES string of the molecule is COc1ccc(C(C)NC(=O)/C=C/c2cc3c(cn2)[nH]c2ccccc23)cc1. The number of aromatic nitrogens is 2.